The molecule has 0 aromatic heterocycles. The molecule has 1 saturated carbocycles. The fourth-order valence-electron chi connectivity index (χ4n) is 1.59. The third kappa shape index (κ3) is 2.56. The first kappa shape index (κ1) is 8.76. The molecular formula is C12H16N. The molecule has 1 aliphatic rings. The standard InChI is InChI=1S/C12H16N/c1-2-5-11(6-3-1)9-10-13-12-7-4-8-12/h1-3,5-6,12H,4,7-10H2. The van der Waals surface area contributed by atoms with Crippen molar-refractivity contribution in [2.75, 3.05) is 6.54 Å². The Bertz CT molecular complexity index is 239. The van der Waals surface area contributed by atoms with Gasteiger partial charge in [0.1, 0.15) is 0 Å². The number of hydrogen-bond acceptors (Lipinski definition) is 0. The third-order valence-corrected chi connectivity index (χ3v) is 2.71. The van der Waals surface area contributed by atoms with Gasteiger partial charge in [-0.05, 0) is 24.8 Å². The molecule has 1 heteroatoms. The molecule has 2 rings (SSSR count). The predicted octanol–water partition coefficient (Wildman–Crippen LogP) is 2.39. The lowest BCUT2D eigenvalue weighted by molar-refractivity contribution is 0.335. The van der Waals surface area contributed by atoms with Crippen molar-refractivity contribution in [3.8, 4) is 0 Å². The second-order valence-electron chi connectivity index (χ2n) is 3.73. The second kappa shape index (κ2) is 4.43. The first-order chi connectivity index (χ1) is 6.45. The molecule has 0 atom stereocenters. The van der Waals surface area contributed by atoms with Gasteiger partial charge in [-0.25, -0.2) is 5.32 Å². The highest BCUT2D eigenvalue weighted by atomic mass is 14.9. The summed E-state index contributed by atoms with van der Waals surface area (Å²) in [6.45, 7) is 1.01. The Kier molecular flexibility index (Phi) is 2.98. The summed E-state index contributed by atoms with van der Waals surface area (Å²) >= 11 is 0. The van der Waals surface area contributed by atoms with Crippen molar-refractivity contribution >= 4 is 0 Å². The molecule has 1 radical (unpaired) electrons. The largest absolute Gasteiger partial charge is 0.238 e. The molecule has 0 saturated heterocycles. The van der Waals surface area contributed by atoms with Crippen LogP contribution in [0, 0.1) is 0 Å². The number of nitrogens with zero attached hydrogens (tertiary/aromatic N) is 1. The van der Waals surface area contributed by atoms with E-state index >= 15 is 0 Å². The van der Waals surface area contributed by atoms with E-state index in [9.17, 15) is 0 Å². The Morgan fingerprint density at radius 3 is 2.54 bits per heavy atom. The van der Waals surface area contributed by atoms with Crippen molar-refractivity contribution in [1.29, 1.82) is 0 Å². The van der Waals surface area contributed by atoms with E-state index in [2.05, 4.69) is 35.6 Å². The predicted molar refractivity (Wildman–Crippen MR) is 54.8 cm³/mol. The van der Waals surface area contributed by atoms with E-state index < -0.39 is 0 Å². The molecule has 0 N–H and O–H groups in total. The molecule has 0 unspecified atom stereocenters. The van der Waals surface area contributed by atoms with Crippen LogP contribution < -0.4 is 5.32 Å². The van der Waals surface area contributed by atoms with Crippen LogP contribution in [0.4, 0.5) is 0 Å². The van der Waals surface area contributed by atoms with E-state index in [0.29, 0.717) is 6.04 Å². The molecule has 1 nitrogen and oxygen atoms in total. The van der Waals surface area contributed by atoms with E-state index in [4.69, 9.17) is 0 Å². The summed E-state index contributed by atoms with van der Waals surface area (Å²) in [6, 6.07) is 11.3. The van der Waals surface area contributed by atoms with Gasteiger partial charge in [0.2, 0.25) is 0 Å². The highest BCUT2D eigenvalue weighted by Gasteiger charge is 2.16. The summed E-state index contributed by atoms with van der Waals surface area (Å²) in [5, 5.41) is 4.62. The molecule has 1 aromatic carbocycles. The Morgan fingerprint density at radius 2 is 1.92 bits per heavy atom. The van der Waals surface area contributed by atoms with Crippen LogP contribution in [-0.2, 0) is 6.42 Å². The van der Waals surface area contributed by atoms with Gasteiger partial charge < -0.3 is 0 Å². The summed E-state index contributed by atoms with van der Waals surface area (Å²) in [5.41, 5.74) is 1.41. The molecule has 1 aliphatic carbocycles. The molecule has 1 aromatic rings. The molecule has 69 valence electrons. The Morgan fingerprint density at radius 1 is 1.15 bits per heavy atom. The Labute approximate surface area is 80.2 Å². The maximum Gasteiger partial charge on any atom is 0.0246 e. The van der Waals surface area contributed by atoms with E-state index in [1.54, 1.807) is 0 Å². The molecule has 13 heavy (non-hydrogen) atoms. The molecular weight excluding hydrogens is 158 g/mol. The van der Waals surface area contributed by atoms with Gasteiger partial charge in [0.05, 0.1) is 0 Å². The van der Waals surface area contributed by atoms with Crippen LogP contribution in [0.5, 0.6) is 0 Å². The Hall–Kier alpha value is -0.820. The fourth-order valence-corrected chi connectivity index (χ4v) is 1.59. The summed E-state index contributed by atoms with van der Waals surface area (Å²) < 4.78 is 0. The van der Waals surface area contributed by atoms with E-state index in [0.717, 1.165) is 13.0 Å². The zero-order chi connectivity index (χ0) is 8.93. The molecule has 0 spiro atoms. The maximum atomic E-state index is 4.62. The van der Waals surface area contributed by atoms with Crippen LogP contribution >= 0.6 is 0 Å². The van der Waals surface area contributed by atoms with Crippen LogP contribution in [-0.4, -0.2) is 12.6 Å². The van der Waals surface area contributed by atoms with E-state index in [1.165, 1.54) is 24.8 Å². The average molecular weight is 174 g/mol. The lowest BCUT2D eigenvalue weighted by Crippen LogP contribution is -2.30. The van der Waals surface area contributed by atoms with Crippen LogP contribution in [0.2, 0.25) is 0 Å². The topological polar surface area (TPSA) is 14.1 Å². The van der Waals surface area contributed by atoms with Crippen molar-refractivity contribution in [2.24, 2.45) is 0 Å². The van der Waals surface area contributed by atoms with Gasteiger partial charge in [-0.2, -0.15) is 0 Å². The zero-order valence-electron chi connectivity index (χ0n) is 7.95. The van der Waals surface area contributed by atoms with Gasteiger partial charge in [-0.1, -0.05) is 36.8 Å². The van der Waals surface area contributed by atoms with Gasteiger partial charge in [0.15, 0.2) is 0 Å². The highest BCUT2D eigenvalue weighted by Crippen LogP contribution is 2.18. The van der Waals surface area contributed by atoms with Gasteiger partial charge in [0, 0.05) is 12.6 Å². The average Bonchev–Trinajstić information content (AvgIpc) is 2.11. The third-order valence-electron chi connectivity index (χ3n) is 2.71. The summed E-state index contributed by atoms with van der Waals surface area (Å²) in [6.07, 6.45) is 5.15. The van der Waals surface area contributed by atoms with Gasteiger partial charge in [-0.3, -0.25) is 0 Å². The lowest BCUT2D eigenvalue weighted by Gasteiger charge is -2.24. The highest BCUT2D eigenvalue weighted by molar-refractivity contribution is 5.14. The van der Waals surface area contributed by atoms with Crippen LogP contribution in [0.15, 0.2) is 30.3 Å². The summed E-state index contributed by atoms with van der Waals surface area (Å²) in [4.78, 5) is 0. The summed E-state index contributed by atoms with van der Waals surface area (Å²) in [5.74, 6) is 0. The van der Waals surface area contributed by atoms with Crippen molar-refractivity contribution in [2.45, 2.75) is 31.7 Å². The minimum Gasteiger partial charge on any atom is -0.238 e. The Balaban J connectivity index is 1.67. The zero-order valence-corrected chi connectivity index (χ0v) is 7.95. The fraction of sp³-hybridized carbons (Fsp3) is 0.500. The monoisotopic (exact) mass is 174 g/mol. The minimum atomic E-state index is 0.698. The molecule has 0 amide bonds. The number of hydrogen-bond donors (Lipinski definition) is 0. The van der Waals surface area contributed by atoms with Crippen LogP contribution in [0.25, 0.3) is 0 Å². The van der Waals surface area contributed by atoms with Gasteiger partial charge in [0.25, 0.3) is 0 Å². The van der Waals surface area contributed by atoms with Gasteiger partial charge in [-0.15, -0.1) is 0 Å². The molecule has 0 aliphatic heterocycles. The SMILES string of the molecule is c1ccc(CC[N]C2CCC2)cc1. The number of rotatable bonds is 4. The normalized spacial score (nSPS) is 16.9. The maximum absolute atomic E-state index is 4.62. The molecule has 0 bridgehead atoms. The van der Waals surface area contributed by atoms with Crippen LogP contribution in [0.3, 0.4) is 0 Å². The molecule has 0 heterocycles. The van der Waals surface area contributed by atoms with Gasteiger partial charge >= 0.3 is 0 Å². The smallest absolute Gasteiger partial charge is 0.0246 e. The van der Waals surface area contributed by atoms with Crippen LogP contribution in [0.1, 0.15) is 24.8 Å². The first-order valence-corrected chi connectivity index (χ1v) is 5.16. The summed E-state index contributed by atoms with van der Waals surface area (Å²) in [7, 11) is 0. The lowest BCUT2D eigenvalue weighted by atomic mass is 9.93. The minimum absolute atomic E-state index is 0.698. The van der Waals surface area contributed by atoms with Crippen molar-refractivity contribution < 1.29 is 0 Å². The number of benzene rings is 1. The van der Waals surface area contributed by atoms with Crippen molar-refractivity contribution in [3.63, 3.8) is 0 Å². The quantitative estimate of drug-likeness (QED) is 0.665. The molecule has 1 fully saturated rings. The first-order valence-electron chi connectivity index (χ1n) is 5.16. The van der Waals surface area contributed by atoms with E-state index in [-0.39, 0.29) is 0 Å². The second-order valence-corrected chi connectivity index (χ2v) is 3.73. The van der Waals surface area contributed by atoms with E-state index in [1.807, 2.05) is 0 Å². The van der Waals surface area contributed by atoms with Crippen molar-refractivity contribution in [3.05, 3.63) is 35.9 Å². The van der Waals surface area contributed by atoms with Crippen molar-refractivity contribution in [1.82, 2.24) is 5.32 Å².